The van der Waals surface area contributed by atoms with Crippen molar-refractivity contribution in [3.63, 3.8) is 0 Å². The van der Waals surface area contributed by atoms with E-state index in [0.717, 1.165) is 26.2 Å². The van der Waals surface area contributed by atoms with Gasteiger partial charge in [-0.25, -0.2) is 4.39 Å². The van der Waals surface area contributed by atoms with E-state index in [1.165, 1.54) is 18.2 Å². The molecule has 1 amide bonds. The largest absolute Gasteiger partial charge is 0.324 e. The predicted molar refractivity (Wildman–Crippen MR) is 83.8 cm³/mol. The quantitative estimate of drug-likeness (QED) is 0.883. The summed E-state index contributed by atoms with van der Waals surface area (Å²) >= 11 is 5.84. The van der Waals surface area contributed by atoms with Crippen molar-refractivity contribution in [3.05, 3.63) is 29.0 Å². The van der Waals surface area contributed by atoms with Crippen LogP contribution in [-0.2, 0) is 4.79 Å². The van der Waals surface area contributed by atoms with E-state index in [1.54, 1.807) is 0 Å². The van der Waals surface area contributed by atoms with Crippen molar-refractivity contribution in [1.82, 2.24) is 10.2 Å². The first kappa shape index (κ1) is 19.4. The zero-order valence-electron chi connectivity index (χ0n) is 10.7. The number of carbonyl (C=O) groups excluding carboxylic acids is 1. The molecule has 8 heteroatoms. The van der Waals surface area contributed by atoms with Gasteiger partial charge in [-0.2, -0.15) is 0 Å². The Balaban J connectivity index is 0.00000180. The van der Waals surface area contributed by atoms with Gasteiger partial charge in [0.05, 0.1) is 17.3 Å². The predicted octanol–water partition coefficient (Wildman–Crippen LogP) is 2.17. The molecule has 1 heterocycles. The summed E-state index contributed by atoms with van der Waals surface area (Å²) in [4.78, 5) is 13.9. The number of benzene rings is 1. The first-order chi connectivity index (χ1) is 8.65. The molecule has 4 nitrogen and oxygen atoms in total. The van der Waals surface area contributed by atoms with Crippen LogP contribution < -0.4 is 10.6 Å². The number of hydrogen-bond donors (Lipinski definition) is 2. The number of amides is 1. The second kappa shape index (κ2) is 9.37. The molecular weight excluding hydrogens is 328 g/mol. The lowest BCUT2D eigenvalue weighted by Gasteiger charge is -2.26. The molecule has 0 saturated carbocycles. The number of hydrogen-bond acceptors (Lipinski definition) is 3. The molecule has 1 aromatic rings. The van der Waals surface area contributed by atoms with E-state index in [0.29, 0.717) is 12.2 Å². The third-order valence-corrected chi connectivity index (χ3v) is 3.09. The highest BCUT2D eigenvalue weighted by molar-refractivity contribution is 6.33. The van der Waals surface area contributed by atoms with Gasteiger partial charge in [0.25, 0.3) is 0 Å². The van der Waals surface area contributed by atoms with Gasteiger partial charge in [-0.15, -0.1) is 24.8 Å². The normalized spacial score (nSPS) is 14.9. The van der Waals surface area contributed by atoms with Gasteiger partial charge in [-0.1, -0.05) is 11.6 Å². The molecule has 2 rings (SSSR count). The molecule has 2 N–H and O–H groups in total. The molecule has 0 unspecified atom stereocenters. The maximum atomic E-state index is 12.8. The molecule has 0 aliphatic carbocycles. The van der Waals surface area contributed by atoms with Crippen LogP contribution in [0.1, 0.15) is 0 Å². The summed E-state index contributed by atoms with van der Waals surface area (Å²) in [6, 6.07) is 3.92. The molecule has 1 aliphatic rings. The van der Waals surface area contributed by atoms with E-state index >= 15 is 0 Å². The average Bonchev–Trinajstić information content (AvgIpc) is 2.34. The topological polar surface area (TPSA) is 44.4 Å². The molecule has 114 valence electrons. The van der Waals surface area contributed by atoms with Crippen LogP contribution in [-0.4, -0.2) is 43.5 Å². The van der Waals surface area contributed by atoms with Crippen molar-refractivity contribution >= 4 is 48.0 Å². The van der Waals surface area contributed by atoms with E-state index in [9.17, 15) is 9.18 Å². The number of carbonyl (C=O) groups is 1. The second-order valence-electron chi connectivity index (χ2n) is 4.20. The Morgan fingerprint density at radius 3 is 2.60 bits per heavy atom. The Morgan fingerprint density at radius 1 is 1.35 bits per heavy atom. The lowest BCUT2D eigenvalue weighted by atomic mass is 10.3. The highest BCUT2D eigenvalue weighted by Gasteiger charge is 2.14. The van der Waals surface area contributed by atoms with E-state index in [4.69, 9.17) is 11.6 Å². The number of anilines is 1. The summed E-state index contributed by atoms with van der Waals surface area (Å²) in [7, 11) is 0. The summed E-state index contributed by atoms with van der Waals surface area (Å²) in [6.45, 7) is 3.82. The molecule has 1 fully saturated rings. The number of halogens is 4. The van der Waals surface area contributed by atoms with Crippen LogP contribution >= 0.6 is 36.4 Å². The molecule has 1 saturated heterocycles. The van der Waals surface area contributed by atoms with Gasteiger partial charge in [-0.05, 0) is 18.2 Å². The molecule has 1 aliphatic heterocycles. The van der Waals surface area contributed by atoms with Crippen LogP contribution in [0.2, 0.25) is 5.02 Å². The van der Waals surface area contributed by atoms with Gasteiger partial charge >= 0.3 is 0 Å². The van der Waals surface area contributed by atoms with Crippen molar-refractivity contribution in [2.45, 2.75) is 0 Å². The Morgan fingerprint density at radius 2 is 2.00 bits per heavy atom. The maximum Gasteiger partial charge on any atom is 0.238 e. The maximum absolute atomic E-state index is 12.8. The Hall–Kier alpha value is -0.590. The summed E-state index contributed by atoms with van der Waals surface area (Å²) in [6.07, 6.45) is 0. The second-order valence-corrected chi connectivity index (χ2v) is 4.61. The minimum Gasteiger partial charge on any atom is -0.324 e. The summed E-state index contributed by atoms with van der Waals surface area (Å²) < 4.78 is 12.8. The summed E-state index contributed by atoms with van der Waals surface area (Å²) in [5.41, 5.74) is 0.443. The lowest BCUT2D eigenvalue weighted by Crippen LogP contribution is -2.46. The van der Waals surface area contributed by atoms with E-state index in [-0.39, 0.29) is 35.7 Å². The third-order valence-electron chi connectivity index (χ3n) is 2.78. The molecule has 0 bridgehead atoms. The zero-order valence-corrected chi connectivity index (χ0v) is 13.1. The lowest BCUT2D eigenvalue weighted by molar-refractivity contribution is -0.117. The zero-order chi connectivity index (χ0) is 13.0. The van der Waals surface area contributed by atoms with Crippen LogP contribution in [0, 0.1) is 5.82 Å². The SMILES string of the molecule is Cl.Cl.O=C(CN1CCNCC1)Nc1ccc(F)cc1Cl. The number of piperazine rings is 1. The molecule has 20 heavy (non-hydrogen) atoms. The smallest absolute Gasteiger partial charge is 0.238 e. The van der Waals surface area contributed by atoms with E-state index in [2.05, 4.69) is 15.5 Å². The molecule has 0 atom stereocenters. The van der Waals surface area contributed by atoms with Crippen molar-refractivity contribution in [2.24, 2.45) is 0 Å². The summed E-state index contributed by atoms with van der Waals surface area (Å²) in [5, 5.41) is 6.11. The Bertz CT molecular complexity index is 442. The first-order valence-electron chi connectivity index (χ1n) is 5.83. The van der Waals surface area contributed by atoms with E-state index in [1.807, 2.05) is 0 Å². The van der Waals surface area contributed by atoms with Gasteiger partial charge in [0, 0.05) is 26.2 Å². The minimum absolute atomic E-state index is 0. The standard InChI is InChI=1S/C12H15ClFN3O.2ClH/c13-10-7-9(14)1-2-11(10)16-12(18)8-17-5-3-15-4-6-17;;/h1-2,7,15H,3-6,8H2,(H,16,18);2*1H. The van der Waals surface area contributed by atoms with Crippen molar-refractivity contribution < 1.29 is 9.18 Å². The fourth-order valence-electron chi connectivity index (χ4n) is 1.85. The van der Waals surface area contributed by atoms with Crippen LogP contribution in [0.15, 0.2) is 18.2 Å². The highest BCUT2D eigenvalue weighted by atomic mass is 35.5. The fourth-order valence-corrected chi connectivity index (χ4v) is 2.07. The molecule has 1 aromatic carbocycles. The van der Waals surface area contributed by atoms with Crippen LogP contribution in [0.4, 0.5) is 10.1 Å². The Kier molecular flexibility index (Phi) is 9.09. The van der Waals surface area contributed by atoms with Crippen molar-refractivity contribution in [3.8, 4) is 0 Å². The molecular formula is C12H17Cl3FN3O. The number of rotatable bonds is 3. The first-order valence-corrected chi connectivity index (χ1v) is 6.21. The van der Waals surface area contributed by atoms with Crippen LogP contribution in [0.3, 0.4) is 0 Å². The van der Waals surface area contributed by atoms with Crippen LogP contribution in [0.25, 0.3) is 0 Å². The fraction of sp³-hybridized carbons (Fsp3) is 0.417. The highest BCUT2D eigenvalue weighted by Crippen LogP contribution is 2.22. The van der Waals surface area contributed by atoms with Crippen molar-refractivity contribution in [1.29, 1.82) is 0 Å². The van der Waals surface area contributed by atoms with E-state index < -0.39 is 5.82 Å². The van der Waals surface area contributed by atoms with Crippen molar-refractivity contribution in [2.75, 3.05) is 38.0 Å². The average molecular weight is 345 g/mol. The van der Waals surface area contributed by atoms with Crippen LogP contribution in [0.5, 0.6) is 0 Å². The van der Waals surface area contributed by atoms with Gasteiger partial charge in [0.1, 0.15) is 5.82 Å². The minimum atomic E-state index is -0.417. The van der Waals surface area contributed by atoms with Gasteiger partial charge < -0.3 is 10.6 Å². The Labute approximate surface area is 134 Å². The molecule has 0 spiro atoms. The van der Waals surface area contributed by atoms with Gasteiger partial charge in [0.2, 0.25) is 5.91 Å². The molecule has 0 aromatic heterocycles. The van der Waals surface area contributed by atoms with Gasteiger partial charge in [-0.3, -0.25) is 9.69 Å². The number of nitrogens with zero attached hydrogens (tertiary/aromatic N) is 1. The third kappa shape index (κ3) is 5.81. The van der Waals surface area contributed by atoms with Gasteiger partial charge in [0.15, 0.2) is 0 Å². The molecule has 0 radical (unpaired) electrons. The number of nitrogens with one attached hydrogen (secondary N) is 2. The summed E-state index contributed by atoms with van der Waals surface area (Å²) in [5.74, 6) is -0.550. The monoisotopic (exact) mass is 343 g/mol.